The quantitative estimate of drug-likeness (QED) is 0.817. The minimum Gasteiger partial charge on any atom is -0.342 e. The zero-order valence-electron chi connectivity index (χ0n) is 18.2. The first-order chi connectivity index (χ1) is 14.0. The number of amides is 1. The molecule has 0 aliphatic carbocycles. The molecule has 2 saturated heterocycles. The van der Waals surface area contributed by atoms with E-state index >= 15 is 0 Å². The first-order valence-corrected chi connectivity index (χ1v) is 11.5. The Labute approximate surface area is 174 Å². The van der Waals surface area contributed by atoms with Gasteiger partial charge < -0.3 is 14.8 Å². The lowest BCUT2D eigenvalue weighted by Gasteiger charge is -2.35. The van der Waals surface area contributed by atoms with Gasteiger partial charge in [0, 0.05) is 31.5 Å². The number of para-hydroxylation sites is 2. The van der Waals surface area contributed by atoms with Gasteiger partial charge in [-0.2, -0.15) is 0 Å². The maximum Gasteiger partial charge on any atom is 0.222 e. The Morgan fingerprint density at radius 2 is 2.03 bits per heavy atom. The number of carbonyl (C=O) groups excluding carboxylic acids is 1. The van der Waals surface area contributed by atoms with Crippen LogP contribution in [0.1, 0.15) is 70.7 Å². The van der Waals surface area contributed by atoms with Crippen LogP contribution in [0.25, 0.3) is 11.0 Å². The number of aromatic nitrogens is 2. The van der Waals surface area contributed by atoms with Crippen molar-refractivity contribution in [3.63, 3.8) is 0 Å². The molecule has 5 nitrogen and oxygen atoms in total. The van der Waals surface area contributed by atoms with Crippen molar-refractivity contribution in [3.05, 3.63) is 30.1 Å². The molecule has 2 aliphatic rings. The van der Waals surface area contributed by atoms with E-state index in [1.165, 1.54) is 18.4 Å². The van der Waals surface area contributed by atoms with Gasteiger partial charge in [-0.25, -0.2) is 4.98 Å². The average molecular weight is 397 g/mol. The molecule has 0 saturated carbocycles. The van der Waals surface area contributed by atoms with Crippen LogP contribution in [-0.2, 0) is 4.79 Å². The van der Waals surface area contributed by atoms with E-state index in [-0.39, 0.29) is 0 Å². The first kappa shape index (κ1) is 20.4. The lowest BCUT2D eigenvalue weighted by Crippen LogP contribution is -2.41. The van der Waals surface area contributed by atoms with E-state index < -0.39 is 0 Å². The van der Waals surface area contributed by atoms with Gasteiger partial charge in [-0.1, -0.05) is 19.1 Å². The summed E-state index contributed by atoms with van der Waals surface area (Å²) >= 11 is 0. The average Bonchev–Trinajstić information content (AvgIpc) is 3.14. The van der Waals surface area contributed by atoms with Crippen molar-refractivity contribution in [2.75, 3.05) is 26.2 Å². The smallest absolute Gasteiger partial charge is 0.222 e. The van der Waals surface area contributed by atoms with Crippen LogP contribution in [0.3, 0.4) is 0 Å². The Morgan fingerprint density at radius 1 is 1.21 bits per heavy atom. The SMILES string of the molecule is CC(CC(=O)N1CCCC(c2nc3ccccc3n2C(C)C)C1)C1CCCNC1. The van der Waals surface area contributed by atoms with Crippen LogP contribution in [0.5, 0.6) is 0 Å². The highest BCUT2D eigenvalue weighted by Gasteiger charge is 2.31. The third-order valence-electron chi connectivity index (χ3n) is 6.92. The number of rotatable bonds is 5. The van der Waals surface area contributed by atoms with Crippen LogP contribution in [0, 0.1) is 11.8 Å². The normalized spacial score (nSPS) is 24.2. The predicted molar refractivity (Wildman–Crippen MR) is 118 cm³/mol. The van der Waals surface area contributed by atoms with Gasteiger partial charge in [0.1, 0.15) is 5.82 Å². The molecule has 2 fully saturated rings. The number of imidazole rings is 1. The fourth-order valence-corrected chi connectivity index (χ4v) is 5.24. The zero-order chi connectivity index (χ0) is 20.4. The molecule has 2 aromatic rings. The molecule has 2 aliphatic heterocycles. The summed E-state index contributed by atoms with van der Waals surface area (Å²) in [5.41, 5.74) is 2.28. The molecule has 1 amide bonds. The van der Waals surface area contributed by atoms with E-state index in [1.54, 1.807) is 0 Å². The van der Waals surface area contributed by atoms with Crippen LogP contribution in [0.2, 0.25) is 0 Å². The van der Waals surface area contributed by atoms with Crippen molar-refractivity contribution in [1.29, 1.82) is 0 Å². The van der Waals surface area contributed by atoms with E-state index in [0.29, 0.717) is 36.1 Å². The largest absolute Gasteiger partial charge is 0.342 e. The summed E-state index contributed by atoms with van der Waals surface area (Å²) in [5, 5.41) is 3.49. The van der Waals surface area contributed by atoms with Crippen LogP contribution < -0.4 is 5.32 Å². The fraction of sp³-hybridized carbons (Fsp3) is 0.667. The second-order valence-corrected chi connectivity index (χ2v) is 9.39. The van der Waals surface area contributed by atoms with Gasteiger partial charge in [0.2, 0.25) is 5.91 Å². The summed E-state index contributed by atoms with van der Waals surface area (Å²) in [7, 11) is 0. The summed E-state index contributed by atoms with van der Waals surface area (Å²) in [6.45, 7) is 10.6. The molecular weight excluding hydrogens is 360 g/mol. The molecule has 158 valence electrons. The van der Waals surface area contributed by atoms with Gasteiger partial charge in [-0.3, -0.25) is 4.79 Å². The Kier molecular flexibility index (Phi) is 6.23. The molecule has 3 atom stereocenters. The van der Waals surface area contributed by atoms with E-state index in [1.807, 2.05) is 0 Å². The summed E-state index contributed by atoms with van der Waals surface area (Å²) in [5.74, 6) is 2.91. The Bertz CT molecular complexity index is 837. The van der Waals surface area contributed by atoms with Crippen LogP contribution >= 0.6 is 0 Å². The fourth-order valence-electron chi connectivity index (χ4n) is 5.24. The number of piperidine rings is 2. The first-order valence-electron chi connectivity index (χ1n) is 11.5. The molecule has 0 radical (unpaired) electrons. The Morgan fingerprint density at radius 3 is 2.79 bits per heavy atom. The van der Waals surface area contributed by atoms with Crippen LogP contribution in [0.15, 0.2) is 24.3 Å². The second-order valence-electron chi connectivity index (χ2n) is 9.39. The van der Waals surface area contributed by atoms with Crippen molar-refractivity contribution in [2.45, 2.75) is 64.8 Å². The molecule has 1 N–H and O–H groups in total. The predicted octanol–water partition coefficient (Wildman–Crippen LogP) is 4.35. The van der Waals surface area contributed by atoms with Crippen LogP contribution in [0.4, 0.5) is 0 Å². The van der Waals surface area contributed by atoms with Crippen molar-refractivity contribution in [3.8, 4) is 0 Å². The molecular formula is C24H36N4O. The number of likely N-dealkylation sites (tertiary alicyclic amines) is 1. The molecule has 0 bridgehead atoms. The zero-order valence-corrected chi connectivity index (χ0v) is 18.2. The van der Waals surface area contributed by atoms with E-state index in [2.05, 4.69) is 59.8 Å². The number of carbonyl (C=O) groups is 1. The van der Waals surface area contributed by atoms with Gasteiger partial charge in [0.25, 0.3) is 0 Å². The summed E-state index contributed by atoms with van der Waals surface area (Å²) in [6, 6.07) is 8.77. The highest BCUT2D eigenvalue weighted by Crippen LogP contribution is 2.32. The Balaban J connectivity index is 1.48. The number of nitrogens with one attached hydrogen (secondary N) is 1. The third-order valence-corrected chi connectivity index (χ3v) is 6.92. The number of hydrogen-bond acceptors (Lipinski definition) is 3. The summed E-state index contributed by atoms with van der Waals surface area (Å²) in [4.78, 5) is 20.2. The molecule has 1 aromatic heterocycles. The number of nitrogens with zero attached hydrogens (tertiary/aromatic N) is 3. The van der Waals surface area contributed by atoms with E-state index in [0.717, 1.165) is 50.4 Å². The maximum absolute atomic E-state index is 13.1. The Hall–Kier alpha value is -1.88. The summed E-state index contributed by atoms with van der Waals surface area (Å²) < 4.78 is 2.38. The molecule has 5 heteroatoms. The highest BCUT2D eigenvalue weighted by molar-refractivity contribution is 5.77. The molecule has 3 unspecified atom stereocenters. The molecule has 3 heterocycles. The van der Waals surface area contributed by atoms with E-state index in [4.69, 9.17) is 4.98 Å². The third kappa shape index (κ3) is 4.35. The number of benzene rings is 1. The van der Waals surface area contributed by atoms with Crippen molar-refractivity contribution < 1.29 is 4.79 Å². The van der Waals surface area contributed by atoms with Gasteiger partial charge in [0.05, 0.1) is 11.0 Å². The van der Waals surface area contributed by atoms with Crippen molar-refractivity contribution in [1.82, 2.24) is 19.8 Å². The van der Waals surface area contributed by atoms with Gasteiger partial charge >= 0.3 is 0 Å². The van der Waals surface area contributed by atoms with Gasteiger partial charge in [0.15, 0.2) is 0 Å². The monoisotopic (exact) mass is 396 g/mol. The van der Waals surface area contributed by atoms with Crippen LogP contribution in [-0.4, -0.2) is 46.5 Å². The van der Waals surface area contributed by atoms with E-state index in [9.17, 15) is 4.79 Å². The minimum atomic E-state index is 0.328. The lowest BCUT2D eigenvalue weighted by molar-refractivity contribution is -0.133. The topological polar surface area (TPSA) is 50.2 Å². The molecule has 4 rings (SSSR count). The second kappa shape index (κ2) is 8.86. The van der Waals surface area contributed by atoms with Crippen molar-refractivity contribution >= 4 is 16.9 Å². The summed E-state index contributed by atoms with van der Waals surface area (Å²) in [6.07, 6.45) is 5.35. The van der Waals surface area contributed by atoms with Gasteiger partial charge in [-0.05, 0) is 76.6 Å². The molecule has 0 spiro atoms. The highest BCUT2D eigenvalue weighted by atomic mass is 16.2. The lowest BCUT2D eigenvalue weighted by atomic mass is 9.85. The molecule has 29 heavy (non-hydrogen) atoms. The van der Waals surface area contributed by atoms with Crippen molar-refractivity contribution in [2.24, 2.45) is 11.8 Å². The van der Waals surface area contributed by atoms with Gasteiger partial charge in [-0.15, -0.1) is 0 Å². The standard InChI is InChI=1S/C24H36N4O/c1-17(2)28-22-11-5-4-10-21(22)26-24(28)20-9-7-13-27(16-20)23(29)14-18(3)19-8-6-12-25-15-19/h4-5,10-11,17-20,25H,6-9,12-16H2,1-3H3. The maximum atomic E-state index is 13.1. The molecule has 1 aromatic carbocycles. The number of hydrogen-bond donors (Lipinski definition) is 1. The number of fused-ring (bicyclic) bond motifs is 1. The minimum absolute atomic E-state index is 0.328.